The van der Waals surface area contributed by atoms with E-state index in [-0.39, 0.29) is 15.6 Å². The molecular weight excluding hydrogens is 303 g/mol. The van der Waals surface area contributed by atoms with Gasteiger partial charge in [-0.05, 0) is 5.56 Å². The Kier molecular flexibility index (Phi) is 3.30. The van der Waals surface area contributed by atoms with Crippen LogP contribution in [0, 0.1) is 0 Å². The number of carbonyl (C=O) groups is 1. The molecule has 0 aliphatic carbocycles. The zero-order valence-corrected chi connectivity index (χ0v) is 11.5. The maximum Gasteiger partial charge on any atom is 0.245 e. The van der Waals surface area contributed by atoms with Gasteiger partial charge in [-0.15, -0.1) is 0 Å². The van der Waals surface area contributed by atoms with E-state index in [2.05, 4.69) is 4.58 Å². The number of Topliss-reactive ketones (excluding diaryl/α,β-unsaturated/α-hetero) is 1. The summed E-state index contributed by atoms with van der Waals surface area (Å²) in [6.45, 7) is 0. The Bertz CT molecular complexity index is 773. The van der Waals surface area contributed by atoms with Gasteiger partial charge in [0.1, 0.15) is 11.1 Å². The molecule has 1 atom stereocenters. The summed E-state index contributed by atoms with van der Waals surface area (Å²) in [6, 6.07) is 9.96. The van der Waals surface area contributed by atoms with Crippen LogP contribution >= 0.6 is 23.2 Å². The summed E-state index contributed by atoms with van der Waals surface area (Å²) < 4.78 is 9.39. The first-order valence-electron chi connectivity index (χ1n) is 5.73. The van der Waals surface area contributed by atoms with Crippen molar-refractivity contribution in [3.05, 3.63) is 57.6 Å². The number of aliphatic hydroxyl groups excluding tert-OH is 1. The normalized spacial score (nSPS) is 12.8. The topological polar surface area (TPSA) is 63.6 Å². The number of rotatable bonds is 3. The minimum absolute atomic E-state index is 0.0358. The summed E-state index contributed by atoms with van der Waals surface area (Å²) in [4.78, 5) is 12.3. The lowest BCUT2D eigenvalue weighted by molar-refractivity contribution is 0.0585. The third kappa shape index (κ3) is 2.02. The molecule has 0 saturated carbocycles. The predicted octanol–water partition coefficient (Wildman–Crippen LogP) is 4.25. The van der Waals surface area contributed by atoms with Crippen LogP contribution in [0.4, 0.5) is 0 Å². The second kappa shape index (κ2) is 4.98. The van der Waals surface area contributed by atoms with E-state index in [1.807, 2.05) is 0 Å². The third-order valence-electron chi connectivity index (χ3n) is 2.97. The standard InChI is InChI=1S/C14H8Cl2O4/c15-10-8(6-9-14(11(10)16)20-19-9)13(18)12(17)7-4-2-1-3-5-7/h1-6,12,17H. The van der Waals surface area contributed by atoms with Gasteiger partial charge in [0.25, 0.3) is 0 Å². The molecule has 0 radical (unpaired) electrons. The Balaban J connectivity index is 2.03. The van der Waals surface area contributed by atoms with Gasteiger partial charge in [-0.1, -0.05) is 53.5 Å². The average molecular weight is 311 g/mol. The molecule has 1 aromatic heterocycles. The van der Waals surface area contributed by atoms with Crippen LogP contribution in [0.3, 0.4) is 0 Å². The first-order valence-corrected chi connectivity index (χ1v) is 6.49. The quantitative estimate of drug-likeness (QED) is 0.580. The molecule has 0 fully saturated rings. The zero-order chi connectivity index (χ0) is 14.3. The number of hydrogen-bond donors (Lipinski definition) is 1. The highest BCUT2D eigenvalue weighted by Crippen LogP contribution is 2.37. The van der Waals surface area contributed by atoms with Gasteiger partial charge < -0.3 is 5.11 Å². The minimum atomic E-state index is -1.32. The van der Waals surface area contributed by atoms with Crippen LogP contribution in [0.5, 0.6) is 0 Å². The summed E-state index contributed by atoms with van der Waals surface area (Å²) >= 11 is 12.0. The number of benzene rings is 2. The molecule has 0 aliphatic rings. The monoisotopic (exact) mass is 310 g/mol. The van der Waals surface area contributed by atoms with Crippen molar-refractivity contribution >= 4 is 40.2 Å². The third-order valence-corrected chi connectivity index (χ3v) is 3.82. The van der Waals surface area contributed by atoms with Crippen molar-refractivity contribution in [3.8, 4) is 0 Å². The van der Waals surface area contributed by atoms with Crippen molar-refractivity contribution in [3.63, 3.8) is 0 Å². The van der Waals surface area contributed by atoms with Crippen LogP contribution in [-0.2, 0) is 0 Å². The van der Waals surface area contributed by atoms with Crippen LogP contribution < -0.4 is 0 Å². The number of hydrogen-bond acceptors (Lipinski definition) is 4. The highest BCUT2D eigenvalue weighted by molar-refractivity contribution is 6.46. The van der Waals surface area contributed by atoms with Gasteiger partial charge in [-0.2, -0.15) is 0 Å². The fourth-order valence-electron chi connectivity index (χ4n) is 1.89. The lowest BCUT2D eigenvalue weighted by atomic mass is 10.00. The Labute approximate surface area is 123 Å². The predicted molar refractivity (Wildman–Crippen MR) is 74.2 cm³/mol. The van der Waals surface area contributed by atoms with Gasteiger partial charge in [0.2, 0.25) is 11.2 Å². The molecule has 1 heterocycles. The van der Waals surface area contributed by atoms with Crippen LogP contribution in [0.2, 0.25) is 10.0 Å². The summed E-state index contributed by atoms with van der Waals surface area (Å²) in [5.41, 5.74) is 1.19. The average Bonchev–Trinajstić information content (AvgIpc) is 2.44. The molecule has 0 bridgehead atoms. The minimum Gasteiger partial charge on any atom is -0.380 e. The first kappa shape index (κ1) is 13.2. The molecule has 6 heteroatoms. The first-order chi connectivity index (χ1) is 9.59. The van der Waals surface area contributed by atoms with Crippen molar-refractivity contribution < 1.29 is 19.1 Å². The number of ketones is 1. The smallest absolute Gasteiger partial charge is 0.245 e. The summed E-state index contributed by atoms with van der Waals surface area (Å²) in [5, 5.41) is 10.2. The molecule has 3 aromatic rings. The fourth-order valence-corrected chi connectivity index (χ4v) is 2.35. The van der Waals surface area contributed by atoms with Crippen LogP contribution in [0.15, 0.2) is 45.6 Å². The SMILES string of the molecule is O=C(c1cc2ooc2c(Cl)c1Cl)C(O)c1ccccc1. The van der Waals surface area contributed by atoms with E-state index < -0.39 is 11.9 Å². The lowest BCUT2D eigenvalue weighted by Crippen LogP contribution is -2.13. The van der Waals surface area contributed by atoms with Crippen LogP contribution in [-0.4, -0.2) is 10.9 Å². The molecule has 0 amide bonds. The summed E-state index contributed by atoms with van der Waals surface area (Å²) in [6.07, 6.45) is -1.32. The second-order valence-electron chi connectivity index (χ2n) is 4.22. The molecule has 1 N–H and O–H groups in total. The fraction of sp³-hybridized carbons (Fsp3) is 0.0714. The van der Waals surface area contributed by atoms with E-state index in [0.717, 1.165) is 0 Å². The van der Waals surface area contributed by atoms with E-state index in [0.29, 0.717) is 16.7 Å². The van der Waals surface area contributed by atoms with Crippen molar-refractivity contribution in [2.45, 2.75) is 6.10 Å². The largest absolute Gasteiger partial charge is 0.380 e. The van der Waals surface area contributed by atoms with Gasteiger partial charge in [-0.25, -0.2) is 0 Å². The van der Waals surface area contributed by atoms with Crippen molar-refractivity contribution in [2.24, 2.45) is 0 Å². The summed E-state index contributed by atoms with van der Waals surface area (Å²) in [7, 11) is 0. The van der Waals surface area contributed by atoms with Crippen LogP contribution in [0.25, 0.3) is 11.2 Å². The maximum absolute atomic E-state index is 12.3. The molecule has 0 spiro atoms. The molecular formula is C14H8Cl2O4. The Morgan fingerprint density at radius 2 is 1.80 bits per heavy atom. The molecule has 1 unspecified atom stereocenters. The molecule has 4 nitrogen and oxygen atoms in total. The van der Waals surface area contributed by atoms with Gasteiger partial charge in [0.15, 0.2) is 5.78 Å². The number of halogens is 2. The van der Waals surface area contributed by atoms with E-state index in [9.17, 15) is 9.90 Å². The van der Waals surface area contributed by atoms with E-state index in [4.69, 9.17) is 27.8 Å². The van der Waals surface area contributed by atoms with Crippen LogP contribution in [0.1, 0.15) is 22.0 Å². The highest BCUT2D eigenvalue weighted by atomic mass is 35.5. The Hall–Kier alpha value is -1.75. The highest BCUT2D eigenvalue weighted by Gasteiger charge is 2.26. The van der Waals surface area contributed by atoms with E-state index in [1.54, 1.807) is 30.3 Å². The molecule has 2 aromatic carbocycles. The molecule has 20 heavy (non-hydrogen) atoms. The van der Waals surface area contributed by atoms with Crippen molar-refractivity contribution in [1.82, 2.24) is 0 Å². The number of fused-ring (bicyclic) bond motifs is 1. The zero-order valence-electron chi connectivity index (χ0n) is 9.97. The Morgan fingerprint density at radius 1 is 1.10 bits per heavy atom. The van der Waals surface area contributed by atoms with Crippen molar-refractivity contribution in [2.75, 3.05) is 0 Å². The van der Waals surface area contributed by atoms with Crippen molar-refractivity contribution in [1.29, 1.82) is 0 Å². The summed E-state index contributed by atoms with van der Waals surface area (Å²) in [5.74, 6) is -0.554. The van der Waals surface area contributed by atoms with Gasteiger partial charge in [0, 0.05) is 11.6 Å². The lowest BCUT2D eigenvalue weighted by Gasteiger charge is -2.12. The van der Waals surface area contributed by atoms with E-state index >= 15 is 0 Å². The number of carbonyl (C=O) groups excluding carboxylic acids is 1. The maximum atomic E-state index is 12.3. The number of aliphatic hydroxyl groups is 1. The van der Waals surface area contributed by atoms with E-state index in [1.165, 1.54) is 6.07 Å². The molecule has 0 aliphatic heterocycles. The molecule has 0 saturated heterocycles. The van der Waals surface area contributed by atoms with Gasteiger partial charge in [-0.3, -0.25) is 13.9 Å². The molecule has 3 rings (SSSR count). The Morgan fingerprint density at radius 3 is 2.40 bits per heavy atom. The van der Waals surface area contributed by atoms with Gasteiger partial charge in [0.05, 0.1) is 5.02 Å². The second-order valence-corrected chi connectivity index (χ2v) is 4.98. The van der Waals surface area contributed by atoms with Gasteiger partial charge >= 0.3 is 0 Å². The molecule has 102 valence electrons.